The van der Waals surface area contributed by atoms with Crippen molar-refractivity contribution in [1.29, 1.82) is 0 Å². The van der Waals surface area contributed by atoms with E-state index >= 15 is 0 Å². The molecule has 0 aliphatic carbocycles. The van der Waals surface area contributed by atoms with E-state index in [0.29, 0.717) is 12.2 Å². The lowest BCUT2D eigenvalue weighted by atomic mass is 10.2. The SMILES string of the molecule is Cn1ccnc1C(O)Cc1cc(Br)cs1. The molecule has 2 aromatic rings. The second-order valence-corrected chi connectivity index (χ2v) is 5.26. The van der Waals surface area contributed by atoms with E-state index in [0.717, 1.165) is 9.35 Å². The first-order valence-corrected chi connectivity index (χ1v) is 6.22. The minimum absolute atomic E-state index is 0.532. The van der Waals surface area contributed by atoms with Gasteiger partial charge in [-0.2, -0.15) is 0 Å². The van der Waals surface area contributed by atoms with E-state index in [1.807, 2.05) is 29.3 Å². The molecule has 0 fully saturated rings. The van der Waals surface area contributed by atoms with Crippen LogP contribution in [0.4, 0.5) is 0 Å². The van der Waals surface area contributed by atoms with E-state index in [1.54, 1.807) is 17.5 Å². The Bertz CT molecular complexity index is 452. The number of thiophene rings is 1. The Morgan fingerprint density at radius 1 is 1.67 bits per heavy atom. The van der Waals surface area contributed by atoms with Crippen molar-refractivity contribution in [1.82, 2.24) is 9.55 Å². The minimum atomic E-state index is -0.532. The maximum Gasteiger partial charge on any atom is 0.137 e. The summed E-state index contributed by atoms with van der Waals surface area (Å²) in [6.45, 7) is 0. The summed E-state index contributed by atoms with van der Waals surface area (Å²) in [5.41, 5.74) is 0. The third-order valence-electron chi connectivity index (χ3n) is 2.17. The van der Waals surface area contributed by atoms with Crippen LogP contribution in [0.2, 0.25) is 0 Å². The first-order chi connectivity index (χ1) is 7.16. The summed E-state index contributed by atoms with van der Waals surface area (Å²) in [5.74, 6) is 0.708. The molecule has 0 saturated heterocycles. The first kappa shape index (κ1) is 10.9. The second-order valence-electron chi connectivity index (χ2n) is 3.35. The molecule has 0 aliphatic heterocycles. The zero-order valence-electron chi connectivity index (χ0n) is 8.22. The predicted molar refractivity (Wildman–Crippen MR) is 63.9 cm³/mol. The number of imidazole rings is 1. The van der Waals surface area contributed by atoms with Crippen molar-refractivity contribution >= 4 is 27.3 Å². The number of aliphatic hydroxyl groups is 1. The van der Waals surface area contributed by atoms with Crippen LogP contribution in [0.15, 0.2) is 28.3 Å². The molecule has 2 heterocycles. The van der Waals surface area contributed by atoms with Crippen LogP contribution in [0.3, 0.4) is 0 Å². The summed E-state index contributed by atoms with van der Waals surface area (Å²) < 4.78 is 2.90. The zero-order valence-corrected chi connectivity index (χ0v) is 10.6. The molecule has 1 atom stereocenters. The maximum absolute atomic E-state index is 9.96. The second kappa shape index (κ2) is 4.47. The predicted octanol–water partition coefficient (Wildman–Crippen LogP) is 2.52. The van der Waals surface area contributed by atoms with Gasteiger partial charge < -0.3 is 9.67 Å². The van der Waals surface area contributed by atoms with Gasteiger partial charge in [-0.15, -0.1) is 11.3 Å². The molecule has 0 amide bonds. The van der Waals surface area contributed by atoms with E-state index in [-0.39, 0.29) is 0 Å². The van der Waals surface area contributed by atoms with E-state index in [2.05, 4.69) is 20.9 Å². The lowest BCUT2D eigenvalue weighted by molar-refractivity contribution is 0.166. The third-order valence-corrected chi connectivity index (χ3v) is 3.89. The molecule has 80 valence electrons. The zero-order chi connectivity index (χ0) is 10.8. The van der Waals surface area contributed by atoms with Gasteiger partial charge in [-0.25, -0.2) is 4.98 Å². The standard InChI is InChI=1S/C10H11BrN2OS/c1-13-3-2-12-10(13)9(14)5-8-4-7(11)6-15-8/h2-4,6,9,14H,5H2,1H3. The van der Waals surface area contributed by atoms with Crippen molar-refractivity contribution in [3.05, 3.63) is 39.0 Å². The van der Waals surface area contributed by atoms with Gasteiger partial charge in [0.15, 0.2) is 0 Å². The molecule has 0 aliphatic rings. The fourth-order valence-corrected chi connectivity index (χ4v) is 2.93. The molecule has 2 aromatic heterocycles. The Balaban J connectivity index is 2.10. The van der Waals surface area contributed by atoms with Crippen LogP contribution in [0.25, 0.3) is 0 Å². The summed E-state index contributed by atoms with van der Waals surface area (Å²) in [4.78, 5) is 5.27. The molecular weight excluding hydrogens is 276 g/mol. The lowest BCUT2D eigenvalue weighted by Gasteiger charge is -2.08. The van der Waals surface area contributed by atoms with Gasteiger partial charge in [-0.05, 0) is 22.0 Å². The van der Waals surface area contributed by atoms with Crippen molar-refractivity contribution in [3.8, 4) is 0 Å². The Morgan fingerprint density at radius 2 is 2.47 bits per heavy atom. The average Bonchev–Trinajstić information content (AvgIpc) is 2.75. The van der Waals surface area contributed by atoms with E-state index < -0.39 is 6.10 Å². The van der Waals surface area contributed by atoms with Gasteiger partial charge in [0.25, 0.3) is 0 Å². The van der Waals surface area contributed by atoms with E-state index in [1.165, 1.54) is 0 Å². The highest BCUT2D eigenvalue weighted by Crippen LogP contribution is 2.24. The third kappa shape index (κ3) is 2.48. The van der Waals surface area contributed by atoms with Gasteiger partial charge in [0.05, 0.1) is 0 Å². The normalized spacial score (nSPS) is 13.0. The molecule has 3 nitrogen and oxygen atoms in total. The number of halogens is 1. The number of aliphatic hydroxyl groups excluding tert-OH is 1. The number of rotatable bonds is 3. The topological polar surface area (TPSA) is 38.0 Å². The van der Waals surface area contributed by atoms with Crippen molar-refractivity contribution < 1.29 is 5.11 Å². The molecule has 0 spiro atoms. The number of hydrogen-bond acceptors (Lipinski definition) is 3. The highest BCUT2D eigenvalue weighted by molar-refractivity contribution is 9.10. The quantitative estimate of drug-likeness (QED) is 0.942. The molecule has 0 radical (unpaired) electrons. The monoisotopic (exact) mass is 286 g/mol. The Kier molecular flexibility index (Phi) is 3.23. The van der Waals surface area contributed by atoms with Crippen molar-refractivity contribution in [2.24, 2.45) is 7.05 Å². The van der Waals surface area contributed by atoms with Gasteiger partial charge >= 0.3 is 0 Å². The van der Waals surface area contributed by atoms with Crippen LogP contribution in [0, 0.1) is 0 Å². The van der Waals surface area contributed by atoms with Crippen LogP contribution in [-0.2, 0) is 13.5 Å². The molecule has 1 unspecified atom stereocenters. The van der Waals surface area contributed by atoms with Gasteiger partial charge in [-0.1, -0.05) is 0 Å². The maximum atomic E-state index is 9.96. The number of aryl methyl sites for hydroxylation is 1. The highest BCUT2D eigenvalue weighted by Gasteiger charge is 2.13. The summed E-state index contributed by atoms with van der Waals surface area (Å²) in [6.07, 6.45) is 3.61. The molecule has 1 N–H and O–H groups in total. The summed E-state index contributed by atoms with van der Waals surface area (Å²) in [5, 5.41) is 12.0. The molecule has 5 heteroatoms. The molecule has 15 heavy (non-hydrogen) atoms. The van der Waals surface area contributed by atoms with Crippen LogP contribution in [-0.4, -0.2) is 14.7 Å². The van der Waals surface area contributed by atoms with Crippen LogP contribution >= 0.6 is 27.3 Å². The van der Waals surface area contributed by atoms with Gasteiger partial charge in [0.2, 0.25) is 0 Å². The number of aromatic nitrogens is 2. The number of nitrogens with zero attached hydrogens (tertiary/aromatic N) is 2. The first-order valence-electron chi connectivity index (χ1n) is 4.55. The van der Waals surface area contributed by atoms with Crippen LogP contribution < -0.4 is 0 Å². The Morgan fingerprint density at radius 3 is 3.00 bits per heavy atom. The van der Waals surface area contributed by atoms with Crippen LogP contribution in [0.1, 0.15) is 16.8 Å². The van der Waals surface area contributed by atoms with Gasteiger partial charge in [0.1, 0.15) is 11.9 Å². The molecular formula is C10H11BrN2OS. The van der Waals surface area contributed by atoms with E-state index in [9.17, 15) is 5.11 Å². The molecule has 2 rings (SSSR count). The van der Waals surface area contributed by atoms with Crippen LogP contribution in [0.5, 0.6) is 0 Å². The summed E-state index contributed by atoms with van der Waals surface area (Å²) in [7, 11) is 1.88. The van der Waals surface area contributed by atoms with Gasteiger partial charge in [0, 0.05) is 40.6 Å². The van der Waals surface area contributed by atoms with Crippen molar-refractivity contribution in [3.63, 3.8) is 0 Å². The molecule has 0 saturated carbocycles. The average molecular weight is 287 g/mol. The highest BCUT2D eigenvalue weighted by atomic mass is 79.9. The fraction of sp³-hybridized carbons (Fsp3) is 0.300. The minimum Gasteiger partial charge on any atom is -0.385 e. The Labute approximate surface area is 101 Å². The van der Waals surface area contributed by atoms with Crippen molar-refractivity contribution in [2.75, 3.05) is 0 Å². The largest absolute Gasteiger partial charge is 0.385 e. The van der Waals surface area contributed by atoms with Crippen molar-refractivity contribution in [2.45, 2.75) is 12.5 Å². The van der Waals surface area contributed by atoms with Gasteiger partial charge in [-0.3, -0.25) is 0 Å². The van der Waals surface area contributed by atoms with E-state index in [4.69, 9.17) is 0 Å². The number of hydrogen-bond donors (Lipinski definition) is 1. The summed E-state index contributed by atoms with van der Waals surface area (Å²) >= 11 is 5.03. The Hall–Kier alpha value is -0.650. The smallest absolute Gasteiger partial charge is 0.137 e. The molecule has 0 bridgehead atoms. The summed E-state index contributed by atoms with van der Waals surface area (Å²) in [6, 6.07) is 2.02. The lowest BCUT2D eigenvalue weighted by Crippen LogP contribution is -2.07. The fourth-order valence-electron chi connectivity index (χ4n) is 1.44. The molecule has 0 aromatic carbocycles.